The number of aryl methyl sites for hydroxylation is 2. The molecule has 0 fully saturated rings. The maximum Gasteiger partial charge on any atom is 0.251 e. The molecule has 0 unspecified atom stereocenters. The van der Waals surface area contributed by atoms with E-state index in [4.69, 9.17) is 0 Å². The van der Waals surface area contributed by atoms with Crippen LogP contribution in [0, 0.1) is 0 Å². The number of benzene rings is 1. The van der Waals surface area contributed by atoms with Gasteiger partial charge in [-0.05, 0) is 30.4 Å². The molecule has 0 bridgehead atoms. The van der Waals surface area contributed by atoms with Gasteiger partial charge in [-0.3, -0.25) is 4.79 Å². The third-order valence-corrected chi connectivity index (χ3v) is 3.26. The lowest BCUT2D eigenvalue weighted by Crippen LogP contribution is -2.08. The first kappa shape index (κ1) is 10.1. The fraction of sp³-hybridized carbons (Fsp3) is 0.214. The summed E-state index contributed by atoms with van der Waals surface area (Å²) in [6.45, 7) is 0. The van der Waals surface area contributed by atoms with Crippen molar-refractivity contribution in [3.05, 3.63) is 51.9 Å². The molecule has 2 aromatic rings. The molecule has 0 radical (unpaired) electrons. The van der Waals surface area contributed by atoms with Crippen molar-refractivity contribution >= 4 is 0 Å². The van der Waals surface area contributed by atoms with Gasteiger partial charge < -0.3 is 10.1 Å². The Bertz CT molecular complexity index is 628. The minimum Gasteiger partial charge on any atom is -0.507 e. The van der Waals surface area contributed by atoms with Gasteiger partial charge in [0.2, 0.25) is 0 Å². The summed E-state index contributed by atoms with van der Waals surface area (Å²) in [7, 11) is 0. The summed E-state index contributed by atoms with van der Waals surface area (Å²) in [4.78, 5) is 14.2. The van der Waals surface area contributed by atoms with Crippen molar-refractivity contribution in [3.63, 3.8) is 0 Å². The summed E-state index contributed by atoms with van der Waals surface area (Å²) in [5.41, 5.74) is 3.67. The molecular formula is C14H13NO2. The number of H-pyrrole nitrogens is 1. The largest absolute Gasteiger partial charge is 0.507 e. The van der Waals surface area contributed by atoms with E-state index in [1.807, 2.05) is 18.2 Å². The van der Waals surface area contributed by atoms with Crippen LogP contribution >= 0.6 is 0 Å². The van der Waals surface area contributed by atoms with Crippen LogP contribution < -0.4 is 5.56 Å². The third kappa shape index (κ3) is 1.64. The molecule has 0 aliphatic heterocycles. The van der Waals surface area contributed by atoms with Gasteiger partial charge in [-0.25, -0.2) is 0 Å². The number of hydrogen-bond acceptors (Lipinski definition) is 2. The first-order chi connectivity index (χ1) is 8.25. The summed E-state index contributed by atoms with van der Waals surface area (Å²) in [6.07, 6.45) is 2.77. The second-order valence-corrected chi connectivity index (χ2v) is 4.38. The Morgan fingerprint density at radius 3 is 2.88 bits per heavy atom. The lowest BCUT2D eigenvalue weighted by Gasteiger charge is -2.10. The summed E-state index contributed by atoms with van der Waals surface area (Å²) in [6, 6.07) is 9.29. The normalized spacial score (nSPS) is 13.6. The van der Waals surface area contributed by atoms with Gasteiger partial charge in [-0.15, -0.1) is 0 Å². The molecule has 17 heavy (non-hydrogen) atoms. The molecule has 2 N–H and O–H groups in total. The molecule has 1 aromatic heterocycles. The van der Waals surface area contributed by atoms with Crippen molar-refractivity contribution in [2.45, 2.75) is 19.3 Å². The molecule has 0 saturated heterocycles. The van der Waals surface area contributed by atoms with Gasteiger partial charge in [0.05, 0.1) is 0 Å². The minimum absolute atomic E-state index is 0.0816. The lowest BCUT2D eigenvalue weighted by molar-refractivity contribution is 0.475. The van der Waals surface area contributed by atoms with Crippen LogP contribution in [0.25, 0.3) is 11.1 Å². The summed E-state index contributed by atoms with van der Waals surface area (Å²) < 4.78 is 0. The van der Waals surface area contributed by atoms with Crippen LogP contribution in [0.2, 0.25) is 0 Å². The predicted molar refractivity (Wildman–Crippen MR) is 66.2 cm³/mol. The molecular weight excluding hydrogens is 214 g/mol. The van der Waals surface area contributed by atoms with Gasteiger partial charge >= 0.3 is 0 Å². The monoisotopic (exact) mass is 227 g/mol. The SMILES string of the molecule is O=c1cc(O)c2c([nH]1)CCCc1ccccc1-2. The number of nitrogens with one attached hydrogen (secondary N) is 1. The van der Waals surface area contributed by atoms with Crippen LogP contribution in [0.4, 0.5) is 0 Å². The van der Waals surface area contributed by atoms with Crippen LogP contribution in [-0.2, 0) is 12.8 Å². The Morgan fingerprint density at radius 2 is 2.00 bits per heavy atom. The van der Waals surface area contributed by atoms with Gasteiger partial charge in [0.15, 0.2) is 0 Å². The highest BCUT2D eigenvalue weighted by atomic mass is 16.3. The van der Waals surface area contributed by atoms with Gasteiger partial charge in [-0.1, -0.05) is 24.3 Å². The smallest absolute Gasteiger partial charge is 0.251 e. The Balaban J connectivity index is 2.36. The topological polar surface area (TPSA) is 53.1 Å². The van der Waals surface area contributed by atoms with E-state index in [1.165, 1.54) is 11.6 Å². The molecule has 1 aromatic carbocycles. The van der Waals surface area contributed by atoms with Gasteiger partial charge in [0.1, 0.15) is 5.75 Å². The number of aromatic nitrogens is 1. The first-order valence-corrected chi connectivity index (χ1v) is 5.79. The predicted octanol–water partition coefficient (Wildman–Crippen LogP) is 2.24. The maximum atomic E-state index is 11.4. The molecule has 1 heterocycles. The van der Waals surface area contributed by atoms with E-state index in [-0.39, 0.29) is 11.3 Å². The van der Waals surface area contributed by atoms with E-state index >= 15 is 0 Å². The summed E-state index contributed by atoms with van der Waals surface area (Å²) in [5, 5.41) is 9.99. The molecule has 0 amide bonds. The van der Waals surface area contributed by atoms with Crippen LogP contribution in [0.1, 0.15) is 17.7 Å². The maximum absolute atomic E-state index is 11.4. The molecule has 1 aliphatic rings. The molecule has 3 nitrogen and oxygen atoms in total. The van der Waals surface area contributed by atoms with E-state index in [9.17, 15) is 9.90 Å². The van der Waals surface area contributed by atoms with Crippen molar-refractivity contribution in [2.75, 3.05) is 0 Å². The number of rotatable bonds is 0. The molecule has 3 rings (SSSR count). The van der Waals surface area contributed by atoms with Crippen LogP contribution in [0.15, 0.2) is 35.1 Å². The first-order valence-electron chi connectivity index (χ1n) is 5.79. The van der Waals surface area contributed by atoms with Crippen molar-refractivity contribution in [3.8, 4) is 16.9 Å². The van der Waals surface area contributed by atoms with Crippen molar-refractivity contribution in [1.82, 2.24) is 4.98 Å². The van der Waals surface area contributed by atoms with E-state index in [0.717, 1.165) is 36.1 Å². The van der Waals surface area contributed by atoms with Gasteiger partial charge in [0.25, 0.3) is 5.56 Å². The number of hydrogen-bond donors (Lipinski definition) is 2. The number of aromatic hydroxyl groups is 1. The zero-order valence-corrected chi connectivity index (χ0v) is 9.36. The van der Waals surface area contributed by atoms with E-state index in [1.54, 1.807) is 0 Å². The highest BCUT2D eigenvalue weighted by Crippen LogP contribution is 2.36. The highest BCUT2D eigenvalue weighted by molar-refractivity contribution is 5.75. The van der Waals surface area contributed by atoms with Crippen LogP contribution in [-0.4, -0.2) is 10.1 Å². The fourth-order valence-electron chi connectivity index (χ4n) is 2.52. The Morgan fingerprint density at radius 1 is 1.18 bits per heavy atom. The van der Waals surface area contributed by atoms with Crippen LogP contribution in [0.5, 0.6) is 5.75 Å². The Labute approximate surface area is 98.8 Å². The van der Waals surface area contributed by atoms with E-state index in [2.05, 4.69) is 11.1 Å². The van der Waals surface area contributed by atoms with Gasteiger partial charge in [-0.2, -0.15) is 0 Å². The zero-order chi connectivity index (χ0) is 11.8. The third-order valence-electron chi connectivity index (χ3n) is 3.26. The van der Waals surface area contributed by atoms with Crippen LogP contribution in [0.3, 0.4) is 0 Å². The summed E-state index contributed by atoms with van der Waals surface area (Å²) >= 11 is 0. The molecule has 86 valence electrons. The van der Waals surface area contributed by atoms with Gasteiger partial charge in [0, 0.05) is 17.3 Å². The molecule has 3 heteroatoms. The number of aromatic amines is 1. The average molecular weight is 227 g/mol. The summed E-state index contributed by atoms with van der Waals surface area (Å²) in [5.74, 6) is 0.0816. The second kappa shape index (κ2) is 3.77. The number of fused-ring (bicyclic) bond motifs is 3. The Hall–Kier alpha value is -2.03. The Kier molecular flexibility index (Phi) is 2.25. The van der Waals surface area contributed by atoms with Crippen molar-refractivity contribution in [1.29, 1.82) is 0 Å². The molecule has 0 saturated carbocycles. The quantitative estimate of drug-likeness (QED) is 0.725. The highest BCUT2D eigenvalue weighted by Gasteiger charge is 2.18. The molecule has 0 atom stereocenters. The molecule has 1 aliphatic carbocycles. The molecule has 0 spiro atoms. The minimum atomic E-state index is -0.236. The number of pyridine rings is 1. The van der Waals surface area contributed by atoms with Crippen molar-refractivity contribution < 1.29 is 5.11 Å². The van der Waals surface area contributed by atoms with E-state index < -0.39 is 0 Å². The lowest BCUT2D eigenvalue weighted by atomic mass is 9.98. The zero-order valence-electron chi connectivity index (χ0n) is 9.36. The fourth-order valence-corrected chi connectivity index (χ4v) is 2.52. The van der Waals surface area contributed by atoms with E-state index in [0.29, 0.717) is 0 Å². The second-order valence-electron chi connectivity index (χ2n) is 4.38. The average Bonchev–Trinajstić information content (AvgIpc) is 2.47. The van der Waals surface area contributed by atoms with Crippen molar-refractivity contribution in [2.24, 2.45) is 0 Å². The standard InChI is InChI=1S/C14H13NO2/c16-12-8-13(17)15-11-7-3-5-9-4-1-2-6-10(9)14(11)12/h1-2,4,6,8H,3,5,7H2,(H2,15,16,17).